The Morgan fingerprint density at radius 2 is 2.02 bits per heavy atom. The highest BCUT2D eigenvalue weighted by molar-refractivity contribution is 7.99. The minimum Gasteiger partial charge on any atom is -0.492 e. The van der Waals surface area contributed by atoms with Gasteiger partial charge in [0.05, 0.1) is 12.3 Å². The molecule has 0 saturated heterocycles. The Bertz CT molecular complexity index is 1330. The molecule has 0 radical (unpaired) electrons. The van der Waals surface area contributed by atoms with Crippen molar-refractivity contribution >= 4 is 46.6 Å². The number of thioether (sulfide) groups is 2. The van der Waals surface area contributed by atoms with Gasteiger partial charge < -0.3 is 25.8 Å². The lowest BCUT2D eigenvalue weighted by Gasteiger charge is -2.20. The van der Waals surface area contributed by atoms with E-state index in [1.807, 2.05) is 50.4 Å². The molecule has 0 aliphatic heterocycles. The molecule has 41 heavy (non-hydrogen) atoms. The van der Waals surface area contributed by atoms with E-state index in [1.54, 1.807) is 6.07 Å². The van der Waals surface area contributed by atoms with E-state index in [4.69, 9.17) is 15.2 Å². The summed E-state index contributed by atoms with van der Waals surface area (Å²) in [7, 11) is 0. The molecule has 11 heteroatoms. The molecule has 0 fully saturated rings. The number of rotatable bonds is 16. The summed E-state index contributed by atoms with van der Waals surface area (Å²) in [6, 6.07) is 12.2. The maximum atomic E-state index is 13.5. The molecule has 1 atom stereocenters. The molecule has 0 saturated carbocycles. The van der Waals surface area contributed by atoms with E-state index in [1.165, 1.54) is 42.0 Å². The molecule has 1 aromatic heterocycles. The topological polar surface area (TPSA) is 111 Å². The Kier molecular flexibility index (Phi) is 13.1. The number of hydrogen-bond donors (Lipinski definition) is 3. The van der Waals surface area contributed by atoms with Gasteiger partial charge >= 0.3 is 0 Å². The molecule has 0 spiro atoms. The van der Waals surface area contributed by atoms with Gasteiger partial charge in [-0.1, -0.05) is 26.0 Å². The van der Waals surface area contributed by atoms with Crippen LogP contribution >= 0.6 is 23.5 Å². The summed E-state index contributed by atoms with van der Waals surface area (Å²) in [6.45, 7) is 6.63. The maximum Gasteiger partial charge on any atom is 0.230 e. The van der Waals surface area contributed by atoms with Crippen LogP contribution in [0.3, 0.4) is 0 Å². The average molecular weight is 600 g/mol. The number of benzene rings is 2. The minimum atomic E-state index is -0.284. The lowest BCUT2D eigenvalue weighted by molar-refractivity contribution is -0.118. The number of nitrogen functional groups attached to an aromatic ring is 1. The number of aryl methyl sites for hydroxylation is 1. The summed E-state index contributed by atoms with van der Waals surface area (Å²) < 4.78 is 25.6. The van der Waals surface area contributed by atoms with Gasteiger partial charge in [-0.2, -0.15) is 11.8 Å². The number of nitrogens with two attached hydrogens (primary N) is 1. The first-order chi connectivity index (χ1) is 19.9. The molecule has 0 bridgehead atoms. The second-order valence-electron chi connectivity index (χ2n) is 9.08. The highest BCUT2D eigenvalue weighted by Crippen LogP contribution is 2.32. The van der Waals surface area contributed by atoms with Crippen molar-refractivity contribution in [2.24, 2.45) is 0 Å². The largest absolute Gasteiger partial charge is 0.492 e. The summed E-state index contributed by atoms with van der Waals surface area (Å²) >= 11 is 2.98. The van der Waals surface area contributed by atoms with Crippen molar-refractivity contribution in [2.75, 3.05) is 35.4 Å². The number of nitrogens with one attached hydrogen (secondary N) is 2. The van der Waals surface area contributed by atoms with Crippen molar-refractivity contribution in [1.82, 2.24) is 15.3 Å². The van der Waals surface area contributed by atoms with Gasteiger partial charge in [-0.3, -0.25) is 4.79 Å². The predicted octanol–water partition coefficient (Wildman–Crippen LogP) is 6.35. The van der Waals surface area contributed by atoms with Gasteiger partial charge in [-0.15, -0.1) is 11.8 Å². The smallest absolute Gasteiger partial charge is 0.230 e. The molecule has 2 aromatic carbocycles. The zero-order valence-corrected chi connectivity index (χ0v) is 25.5. The zero-order valence-electron chi connectivity index (χ0n) is 23.9. The van der Waals surface area contributed by atoms with E-state index in [0.29, 0.717) is 34.6 Å². The molecule has 0 aliphatic rings. The SMILES string of the molecule is C/C=C(/CNC(=O)CSC)OC(CC)CSc1ncnc(Nc2ccc(OCc3cccc(F)c3)c(CC)c2)c1N. The van der Waals surface area contributed by atoms with Crippen molar-refractivity contribution in [2.45, 2.75) is 51.3 Å². The average Bonchev–Trinajstić information content (AvgIpc) is 2.98. The van der Waals surface area contributed by atoms with Gasteiger partial charge in [0.1, 0.15) is 47.1 Å². The summed E-state index contributed by atoms with van der Waals surface area (Å²) in [6.07, 6.45) is 6.70. The van der Waals surface area contributed by atoms with Gasteiger partial charge in [0.2, 0.25) is 5.91 Å². The molecule has 1 amide bonds. The first-order valence-corrected chi connectivity index (χ1v) is 15.8. The molecule has 8 nitrogen and oxygen atoms in total. The number of aromatic nitrogens is 2. The number of hydrogen-bond acceptors (Lipinski definition) is 9. The monoisotopic (exact) mass is 599 g/mol. The minimum absolute atomic E-state index is 0.0197. The second-order valence-corrected chi connectivity index (χ2v) is 11.0. The number of anilines is 3. The quantitative estimate of drug-likeness (QED) is 0.0985. The molecule has 3 rings (SSSR count). The predicted molar refractivity (Wildman–Crippen MR) is 167 cm³/mol. The third-order valence-electron chi connectivity index (χ3n) is 6.07. The van der Waals surface area contributed by atoms with Crippen LogP contribution in [0.25, 0.3) is 0 Å². The van der Waals surface area contributed by atoms with E-state index < -0.39 is 0 Å². The van der Waals surface area contributed by atoms with E-state index in [-0.39, 0.29) is 24.4 Å². The molecule has 1 unspecified atom stereocenters. The number of amides is 1. The first-order valence-electron chi connectivity index (χ1n) is 13.4. The summed E-state index contributed by atoms with van der Waals surface area (Å²) in [5.41, 5.74) is 9.49. The van der Waals surface area contributed by atoms with E-state index in [0.717, 1.165) is 41.2 Å². The number of ether oxygens (including phenoxy) is 2. The number of halogens is 1. The standard InChI is InChI=1S/C30H38FN5O3S2/c1-5-21-14-23(11-12-26(21)38-16-20-9-8-10-22(31)13-20)36-29-28(32)30(35-19-34-29)41-17-25(7-3)39-24(6-2)15-33-27(37)18-40-4/h6,8-14,19,25H,5,7,15-18,32H2,1-4H3,(H,33,37)(H,34,35,36)/b24-6-. The van der Waals surface area contributed by atoms with Gasteiger partial charge in [-0.25, -0.2) is 14.4 Å². The Hall–Kier alpha value is -3.44. The fourth-order valence-corrected chi connectivity index (χ4v) is 5.18. The van der Waals surface area contributed by atoms with Crippen LogP contribution in [-0.4, -0.2) is 46.3 Å². The fourth-order valence-electron chi connectivity index (χ4n) is 3.79. The Morgan fingerprint density at radius 3 is 2.73 bits per heavy atom. The van der Waals surface area contributed by atoms with Crippen LogP contribution in [0.15, 0.2) is 65.7 Å². The number of nitrogens with zero attached hydrogens (tertiary/aromatic N) is 2. The van der Waals surface area contributed by atoms with Crippen molar-refractivity contribution in [1.29, 1.82) is 0 Å². The van der Waals surface area contributed by atoms with E-state index >= 15 is 0 Å². The molecular weight excluding hydrogens is 561 g/mol. The summed E-state index contributed by atoms with van der Waals surface area (Å²) in [4.78, 5) is 20.5. The Morgan fingerprint density at radius 1 is 1.20 bits per heavy atom. The van der Waals surface area contributed by atoms with Gasteiger partial charge in [-0.05, 0) is 73.6 Å². The van der Waals surface area contributed by atoms with Crippen molar-refractivity contribution in [3.63, 3.8) is 0 Å². The van der Waals surface area contributed by atoms with Crippen LogP contribution in [0.2, 0.25) is 0 Å². The van der Waals surface area contributed by atoms with Crippen LogP contribution in [0.1, 0.15) is 38.3 Å². The summed E-state index contributed by atoms with van der Waals surface area (Å²) in [5.74, 6) is 2.72. The molecule has 220 valence electrons. The van der Waals surface area contributed by atoms with E-state index in [2.05, 4.69) is 27.5 Å². The summed E-state index contributed by atoms with van der Waals surface area (Å²) in [5, 5.41) is 6.83. The number of allylic oxidation sites excluding steroid dienone is 1. The molecule has 0 aliphatic carbocycles. The van der Waals surface area contributed by atoms with Gasteiger partial charge in [0.25, 0.3) is 0 Å². The van der Waals surface area contributed by atoms with Gasteiger partial charge in [0.15, 0.2) is 5.82 Å². The van der Waals surface area contributed by atoms with Crippen LogP contribution < -0.4 is 21.1 Å². The third-order valence-corrected chi connectivity index (χ3v) is 7.76. The third kappa shape index (κ3) is 10.2. The van der Waals surface area contributed by atoms with Crippen molar-refractivity contribution in [3.05, 3.63) is 77.6 Å². The van der Waals surface area contributed by atoms with Crippen LogP contribution in [0, 0.1) is 5.82 Å². The highest BCUT2D eigenvalue weighted by Gasteiger charge is 2.16. The van der Waals surface area contributed by atoms with Crippen LogP contribution in [-0.2, 0) is 22.6 Å². The molecule has 3 aromatic rings. The lowest BCUT2D eigenvalue weighted by atomic mass is 10.1. The lowest BCUT2D eigenvalue weighted by Crippen LogP contribution is -2.29. The van der Waals surface area contributed by atoms with Crippen LogP contribution in [0.5, 0.6) is 5.75 Å². The second kappa shape index (κ2) is 16.7. The number of carbonyl (C=O) groups is 1. The Balaban J connectivity index is 1.61. The fraction of sp³-hybridized carbons (Fsp3) is 0.367. The zero-order chi connectivity index (χ0) is 29.6. The van der Waals surface area contributed by atoms with Gasteiger partial charge in [0, 0.05) is 11.4 Å². The molecule has 1 heterocycles. The normalized spacial score (nSPS) is 12.1. The van der Waals surface area contributed by atoms with Crippen molar-refractivity contribution in [3.8, 4) is 5.75 Å². The molecular formula is C30H38FN5O3S2. The van der Waals surface area contributed by atoms with Crippen molar-refractivity contribution < 1.29 is 18.7 Å². The first kappa shape index (κ1) is 32.1. The molecule has 4 N–H and O–H groups in total. The number of carbonyl (C=O) groups excluding carboxylic acids is 1. The van der Waals surface area contributed by atoms with E-state index in [9.17, 15) is 9.18 Å². The van der Waals surface area contributed by atoms with Crippen LogP contribution in [0.4, 0.5) is 21.6 Å². The Labute approximate surface area is 250 Å². The highest BCUT2D eigenvalue weighted by atomic mass is 32.2. The maximum absolute atomic E-state index is 13.5.